The summed E-state index contributed by atoms with van der Waals surface area (Å²) in [6.45, 7) is 5.84. The summed E-state index contributed by atoms with van der Waals surface area (Å²) in [4.78, 5) is 14.3. The Morgan fingerprint density at radius 2 is 2.14 bits per heavy atom. The van der Waals surface area contributed by atoms with Crippen LogP contribution in [0.25, 0.3) is 0 Å². The number of hydrogen-bond donors (Lipinski definition) is 2. The molecule has 1 aromatic rings. The monoisotopic (exact) mass is 307 g/mol. The number of nitrogens with zero attached hydrogens (tertiary/aromatic N) is 1. The smallest absolute Gasteiger partial charge is 0.234 e. The number of hydrogen-bond acceptors (Lipinski definition) is 5. The molecule has 0 spiro atoms. The number of piperazine rings is 1. The molecule has 1 aliphatic heterocycles. The molecule has 1 atom stereocenters. The van der Waals surface area contributed by atoms with Crippen LogP contribution in [0.4, 0.5) is 0 Å². The third-order valence-corrected chi connectivity index (χ3v) is 3.92. The molecule has 1 aromatic carbocycles. The molecule has 0 aromatic heterocycles. The first-order valence-corrected chi connectivity index (χ1v) is 7.56. The molecule has 1 fully saturated rings. The number of nitrogens with one attached hydrogen (secondary N) is 2. The van der Waals surface area contributed by atoms with Crippen LogP contribution in [0.3, 0.4) is 0 Å². The van der Waals surface area contributed by atoms with Crippen LogP contribution in [0.1, 0.15) is 12.5 Å². The Kier molecular flexibility index (Phi) is 6.03. The Morgan fingerprint density at radius 1 is 1.36 bits per heavy atom. The molecular weight excluding hydrogens is 282 g/mol. The quantitative estimate of drug-likeness (QED) is 0.806. The summed E-state index contributed by atoms with van der Waals surface area (Å²) in [5, 5.41) is 6.28. The van der Waals surface area contributed by atoms with Gasteiger partial charge in [0.15, 0.2) is 11.5 Å². The summed E-state index contributed by atoms with van der Waals surface area (Å²) in [6.07, 6.45) is 0. The molecule has 0 unspecified atom stereocenters. The van der Waals surface area contributed by atoms with Crippen molar-refractivity contribution in [3.05, 3.63) is 23.8 Å². The molecule has 0 radical (unpaired) electrons. The highest BCUT2D eigenvalue weighted by molar-refractivity contribution is 5.78. The van der Waals surface area contributed by atoms with Crippen LogP contribution in [0.15, 0.2) is 18.2 Å². The fraction of sp³-hybridized carbons (Fsp3) is 0.562. The Morgan fingerprint density at radius 3 is 2.82 bits per heavy atom. The third kappa shape index (κ3) is 4.35. The summed E-state index contributed by atoms with van der Waals surface area (Å²) >= 11 is 0. The number of methoxy groups -OCH3 is 2. The molecular formula is C16H25N3O3. The molecule has 1 aliphatic rings. The standard InChI is InChI=1S/C16H25N3O3/c1-12-9-17-6-7-19(12)11-16(20)18-10-13-4-5-14(21-2)15(8-13)22-3/h4-5,8,12,17H,6-7,9-11H2,1-3H3,(H,18,20)/t12-/m0/s1. The normalized spacial score (nSPS) is 18.8. The largest absolute Gasteiger partial charge is 0.493 e. The van der Waals surface area contributed by atoms with Gasteiger partial charge in [-0.3, -0.25) is 9.69 Å². The Hall–Kier alpha value is -1.79. The topological polar surface area (TPSA) is 62.8 Å². The van der Waals surface area contributed by atoms with Gasteiger partial charge >= 0.3 is 0 Å². The first kappa shape index (κ1) is 16.6. The van der Waals surface area contributed by atoms with Crippen molar-refractivity contribution in [3.63, 3.8) is 0 Å². The van der Waals surface area contributed by atoms with E-state index in [0.717, 1.165) is 25.2 Å². The highest BCUT2D eigenvalue weighted by atomic mass is 16.5. The van der Waals surface area contributed by atoms with Crippen molar-refractivity contribution < 1.29 is 14.3 Å². The van der Waals surface area contributed by atoms with Crippen molar-refractivity contribution in [3.8, 4) is 11.5 Å². The fourth-order valence-electron chi connectivity index (χ4n) is 2.55. The summed E-state index contributed by atoms with van der Waals surface area (Å²) in [5.41, 5.74) is 0.986. The third-order valence-electron chi connectivity index (χ3n) is 3.92. The van der Waals surface area contributed by atoms with E-state index >= 15 is 0 Å². The van der Waals surface area contributed by atoms with Gasteiger partial charge in [-0.25, -0.2) is 0 Å². The number of ether oxygens (including phenoxy) is 2. The average molecular weight is 307 g/mol. The first-order valence-electron chi connectivity index (χ1n) is 7.56. The van der Waals surface area contributed by atoms with Crippen LogP contribution in [-0.2, 0) is 11.3 Å². The van der Waals surface area contributed by atoms with Gasteiger partial charge in [-0.2, -0.15) is 0 Å². The highest BCUT2D eigenvalue weighted by Crippen LogP contribution is 2.27. The Labute approximate surface area is 131 Å². The second kappa shape index (κ2) is 8.00. The molecule has 1 saturated heterocycles. The molecule has 0 saturated carbocycles. The van der Waals surface area contributed by atoms with Gasteiger partial charge in [-0.15, -0.1) is 0 Å². The van der Waals surface area contributed by atoms with E-state index in [9.17, 15) is 4.79 Å². The lowest BCUT2D eigenvalue weighted by molar-refractivity contribution is -0.123. The molecule has 1 amide bonds. The minimum Gasteiger partial charge on any atom is -0.493 e. The van der Waals surface area contributed by atoms with Gasteiger partial charge in [-0.1, -0.05) is 6.07 Å². The molecule has 2 rings (SSSR count). The van der Waals surface area contributed by atoms with Crippen molar-refractivity contribution in [2.45, 2.75) is 19.5 Å². The maximum absolute atomic E-state index is 12.1. The zero-order valence-electron chi connectivity index (χ0n) is 13.5. The van der Waals surface area contributed by atoms with Gasteiger partial charge in [0, 0.05) is 32.2 Å². The van der Waals surface area contributed by atoms with Crippen LogP contribution < -0.4 is 20.1 Å². The maximum atomic E-state index is 12.1. The van der Waals surface area contributed by atoms with Crippen LogP contribution in [-0.4, -0.2) is 57.2 Å². The van der Waals surface area contributed by atoms with Crippen LogP contribution >= 0.6 is 0 Å². The number of rotatable bonds is 6. The summed E-state index contributed by atoms with van der Waals surface area (Å²) in [6, 6.07) is 6.04. The number of amides is 1. The number of benzene rings is 1. The second-order valence-corrected chi connectivity index (χ2v) is 5.49. The molecule has 2 N–H and O–H groups in total. The van der Waals surface area contributed by atoms with Crippen molar-refractivity contribution in [2.75, 3.05) is 40.4 Å². The van der Waals surface area contributed by atoms with E-state index in [-0.39, 0.29) is 5.91 Å². The van der Waals surface area contributed by atoms with Gasteiger partial charge in [-0.05, 0) is 24.6 Å². The fourth-order valence-corrected chi connectivity index (χ4v) is 2.55. The zero-order valence-corrected chi connectivity index (χ0v) is 13.5. The number of carbonyl (C=O) groups excluding carboxylic acids is 1. The van der Waals surface area contributed by atoms with E-state index in [1.54, 1.807) is 14.2 Å². The highest BCUT2D eigenvalue weighted by Gasteiger charge is 2.20. The second-order valence-electron chi connectivity index (χ2n) is 5.49. The summed E-state index contributed by atoms with van der Waals surface area (Å²) < 4.78 is 10.5. The molecule has 122 valence electrons. The summed E-state index contributed by atoms with van der Waals surface area (Å²) in [7, 11) is 3.21. The Balaban J connectivity index is 1.85. The Bertz CT molecular complexity index is 507. The van der Waals surface area contributed by atoms with Crippen molar-refractivity contribution in [1.29, 1.82) is 0 Å². The van der Waals surface area contributed by atoms with Crippen molar-refractivity contribution in [2.24, 2.45) is 0 Å². The molecule has 0 aliphatic carbocycles. The predicted octanol–water partition coefficient (Wildman–Crippen LogP) is 0.614. The first-order chi connectivity index (χ1) is 10.6. The lowest BCUT2D eigenvalue weighted by atomic mass is 10.2. The van der Waals surface area contributed by atoms with Gasteiger partial charge in [0.1, 0.15) is 0 Å². The van der Waals surface area contributed by atoms with Gasteiger partial charge in [0.2, 0.25) is 5.91 Å². The van der Waals surface area contributed by atoms with E-state index in [2.05, 4.69) is 22.5 Å². The molecule has 6 heteroatoms. The van der Waals surface area contributed by atoms with Crippen molar-refractivity contribution >= 4 is 5.91 Å². The van der Waals surface area contributed by atoms with E-state index in [0.29, 0.717) is 30.6 Å². The predicted molar refractivity (Wildman–Crippen MR) is 85.3 cm³/mol. The average Bonchev–Trinajstić information content (AvgIpc) is 2.54. The SMILES string of the molecule is COc1ccc(CNC(=O)CN2CCNC[C@@H]2C)cc1OC. The van der Waals surface area contributed by atoms with Gasteiger partial charge < -0.3 is 20.1 Å². The minimum atomic E-state index is 0.0449. The maximum Gasteiger partial charge on any atom is 0.234 e. The van der Waals surface area contributed by atoms with Crippen LogP contribution in [0, 0.1) is 0 Å². The molecule has 22 heavy (non-hydrogen) atoms. The van der Waals surface area contributed by atoms with Gasteiger partial charge in [0.05, 0.1) is 20.8 Å². The van der Waals surface area contributed by atoms with Crippen molar-refractivity contribution in [1.82, 2.24) is 15.5 Å². The van der Waals surface area contributed by atoms with E-state index in [1.807, 2.05) is 18.2 Å². The van der Waals surface area contributed by atoms with Crippen LogP contribution in [0.5, 0.6) is 11.5 Å². The number of carbonyl (C=O) groups is 1. The molecule has 6 nitrogen and oxygen atoms in total. The molecule has 0 bridgehead atoms. The van der Waals surface area contributed by atoms with E-state index in [1.165, 1.54) is 0 Å². The zero-order chi connectivity index (χ0) is 15.9. The van der Waals surface area contributed by atoms with E-state index < -0.39 is 0 Å². The lowest BCUT2D eigenvalue weighted by Crippen LogP contribution is -2.52. The van der Waals surface area contributed by atoms with Crippen LogP contribution in [0.2, 0.25) is 0 Å². The lowest BCUT2D eigenvalue weighted by Gasteiger charge is -2.33. The van der Waals surface area contributed by atoms with E-state index in [4.69, 9.17) is 9.47 Å². The minimum absolute atomic E-state index is 0.0449. The molecule has 1 heterocycles. The summed E-state index contributed by atoms with van der Waals surface area (Å²) in [5.74, 6) is 1.40. The van der Waals surface area contributed by atoms with Gasteiger partial charge in [0.25, 0.3) is 0 Å².